The summed E-state index contributed by atoms with van der Waals surface area (Å²) in [5.41, 5.74) is 0.0923. The second-order valence-electron chi connectivity index (χ2n) is 15.8. The quantitative estimate of drug-likeness (QED) is 0.277. The molecule has 38 heavy (non-hydrogen) atoms. The van der Waals surface area contributed by atoms with Gasteiger partial charge in [-0.05, 0) is 99.6 Å². The van der Waals surface area contributed by atoms with E-state index in [0.29, 0.717) is 41.6 Å². The molecule has 2 saturated heterocycles. The summed E-state index contributed by atoms with van der Waals surface area (Å²) in [5.74, 6) is 3.15. The molecule has 1 spiro atoms. The van der Waals surface area contributed by atoms with E-state index in [4.69, 9.17) is 18.6 Å². The van der Waals surface area contributed by atoms with Crippen LogP contribution in [0.25, 0.3) is 0 Å². The summed E-state index contributed by atoms with van der Waals surface area (Å²) in [4.78, 5) is 12.6. The molecule has 4 saturated carbocycles. The minimum Gasteiger partial charge on any atom is -0.462 e. The molecule has 0 radical (unpaired) electrons. The van der Waals surface area contributed by atoms with Gasteiger partial charge in [0.1, 0.15) is 6.10 Å². The maximum atomic E-state index is 12.6. The van der Waals surface area contributed by atoms with Crippen molar-refractivity contribution < 1.29 is 23.4 Å². The fourth-order valence-corrected chi connectivity index (χ4v) is 12.4. The third kappa shape index (κ3) is 4.04. The zero-order valence-electron chi connectivity index (χ0n) is 25.4. The zero-order valence-corrected chi connectivity index (χ0v) is 26.4. The third-order valence-corrected chi connectivity index (χ3v) is 13.8. The Morgan fingerprint density at radius 3 is 2.32 bits per heavy atom. The van der Waals surface area contributed by atoms with E-state index < -0.39 is 14.1 Å². The normalized spacial score (nSPS) is 54.1. The van der Waals surface area contributed by atoms with Crippen LogP contribution in [0.5, 0.6) is 0 Å². The van der Waals surface area contributed by atoms with Crippen LogP contribution in [0.4, 0.5) is 0 Å². The van der Waals surface area contributed by atoms with Gasteiger partial charge < -0.3 is 18.6 Å². The van der Waals surface area contributed by atoms with Crippen molar-refractivity contribution in [2.45, 2.75) is 136 Å². The first-order valence-electron chi connectivity index (χ1n) is 16.0. The summed E-state index contributed by atoms with van der Waals surface area (Å²) < 4.78 is 27.0. The lowest BCUT2D eigenvalue weighted by Crippen LogP contribution is -2.63. The Kier molecular flexibility index (Phi) is 6.78. The van der Waals surface area contributed by atoms with Crippen molar-refractivity contribution in [1.29, 1.82) is 0 Å². The summed E-state index contributed by atoms with van der Waals surface area (Å²) in [5, 5.41) is 0. The lowest BCUT2D eigenvalue weighted by atomic mass is 9.43. The van der Waals surface area contributed by atoms with E-state index in [-0.39, 0.29) is 29.0 Å². The monoisotopic (exact) mass is 546 g/mol. The fourth-order valence-electron chi connectivity index (χ4n) is 11.2. The summed E-state index contributed by atoms with van der Waals surface area (Å²) in [6.45, 7) is 19.2. The van der Waals surface area contributed by atoms with E-state index in [0.717, 1.165) is 31.8 Å². The van der Waals surface area contributed by atoms with Crippen molar-refractivity contribution in [2.75, 3.05) is 6.61 Å². The first-order valence-corrected chi connectivity index (χ1v) is 19.4. The van der Waals surface area contributed by atoms with Crippen LogP contribution in [0.15, 0.2) is 0 Å². The van der Waals surface area contributed by atoms with Gasteiger partial charge in [-0.2, -0.15) is 0 Å². The molecule has 6 aliphatic rings. The van der Waals surface area contributed by atoms with Crippen LogP contribution >= 0.6 is 0 Å². The number of fused-ring (bicyclic) bond motifs is 7. The number of hydrogen-bond acceptors (Lipinski definition) is 5. The van der Waals surface area contributed by atoms with E-state index in [2.05, 4.69) is 47.3 Å². The fraction of sp³-hybridized carbons (Fsp3) is 0.969. The molecular formula is C32H54O5Si. The van der Waals surface area contributed by atoms with E-state index in [1.807, 2.05) is 0 Å². The van der Waals surface area contributed by atoms with Gasteiger partial charge in [0.25, 0.3) is 0 Å². The highest BCUT2D eigenvalue weighted by Crippen LogP contribution is 2.72. The molecule has 216 valence electrons. The molecule has 4 aliphatic carbocycles. The van der Waals surface area contributed by atoms with Gasteiger partial charge in [-0.25, -0.2) is 0 Å². The zero-order chi connectivity index (χ0) is 27.3. The summed E-state index contributed by atoms with van der Waals surface area (Å²) in [6.07, 6.45) is 11.1. The van der Waals surface area contributed by atoms with Gasteiger partial charge >= 0.3 is 5.97 Å². The molecule has 6 heteroatoms. The first-order chi connectivity index (χ1) is 17.8. The maximum Gasteiger partial charge on any atom is 0.302 e. The highest BCUT2D eigenvalue weighted by Gasteiger charge is 2.73. The average Bonchev–Trinajstić information content (AvgIpc) is 3.27. The Balaban J connectivity index is 1.36. The van der Waals surface area contributed by atoms with E-state index in [1.54, 1.807) is 6.92 Å². The molecule has 0 amide bonds. The molecule has 2 heterocycles. The van der Waals surface area contributed by atoms with Crippen LogP contribution in [0.1, 0.15) is 92.4 Å². The molecule has 0 aromatic heterocycles. The summed E-state index contributed by atoms with van der Waals surface area (Å²) >= 11 is 0. The second kappa shape index (κ2) is 9.29. The molecule has 0 aromatic carbocycles. The Morgan fingerprint density at radius 1 is 0.921 bits per heavy atom. The van der Waals surface area contributed by atoms with Gasteiger partial charge in [0.05, 0.1) is 18.8 Å². The van der Waals surface area contributed by atoms with Crippen LogP contribution in [0, 0.1) is 52.3 Å². The van der Waals surface area contributed by atoms with Gasteiger partial charge in [0, 0.05) is 30.6 Å². The molecule has 0 bridgehead atoms. The Labute approximate surface area is 232 Å². The van der Waals surface area contributed by atoms with Crippen molar-refractivity contribution in [3.8, 4) is 0 Å². The number of esters is 1. The van der Waals surface area contributed by atoms with Gasteiger partial charge in [-0.3, -0.25) is 4.79 Å². The Bertz CT molecular complexity index is 923. The van der Waals surface area contributed by atoms with Gasteiger partial charge in [-0.15, -0.1) is 0 Å². The molecule has 6 fully saturated rings. The van der Waals surface area contributed by atoms with Crippen LogP contribution in [-0.4, -0.2) is 45.0 Å². The molecule has 5 nitrogen and oxygen atoms in total. The number of carbonyl (C=O) groups excluding carboxylic acids is 1. The minimum atomic E-state index is -1.68. The van der Waals surface area contributed by atoms with Gasteiger partial charge in [-0.1, -0.05) is 34.1 Å². The lowest BCUT2D eigenvalue weighted by molar-refractivity contribution is -0.275. The smallest absolute Gasteiger partial charge is 0.302 e. The number of rotatable bonds is 3. The van der Waals surface area contributed by atoms with E-state index in [1.165, 1.54) is 38.5 Å². The molecule has 3 unspecified atom stereocenters. The SMILES string of the molecule is CC(=O)OC1C[C@H]2[C@@H](CCC3CCCC(O[Si](C)(C)C)[C@@]32C)[C@@H]2C[C@@H]3O[C@]4(CC[C@@H](C)CO4)[C@@H](C)[C@@H]3[C@@]12C. The molecule has 6 rings (SSSR count). The van der Waals surface area contributed by atoms with Crippen molar-refractivity contribution in [1.82, 2.24) is 0 Å². The highest BCUT2D eigenvalue weighted by molar-refractivity contribution is 6.69. The second-order valence-corrected chi connectivity index (χ2v) is 20.3. The van der Waals surface area contributed by atoms with Crippen LogP contribution in [-0.2, 0) is 23.4 Å². The maximum absolute atomic E-state index is 12.6. The highest BCUT2D eigenvalue weighted by atomic mass is 28.4. The Hall–Kier alpha value is -0.433. The largest absolute Gasteiger partial charge is 0.462 e. The molecule has 13 atom stereocenters. The summed E-state index contributed by atoms with van der Waals surface area (Å²) in [7, 11) is -1.68. The minimum absolute atomic E-state index is 0.0602. The van der Waals surface area contributed by atoms with E-state index >= 15 is 0 Å². The average molecular weight is 547 g/mol. The number of hydrogen-bond donors (Lipinski definition) is 0. The van der Waals surface area contributed by atoms with E-state index in [9.17, 15) is 4.79 Å². The number of carbonyl (C=O) groups is 1. The van der Waals surface area contributed by atoms with Crippen molar-refractivity contribution >= 4 is 14.3 Å². The predicted octanol–water partition coefficient (Wildman–Crippen LogP) is 7.19. The topological polar surface area (TPSA) is 54.0 Å². The molecular weight excluding hydrogens is 492 g/mol. The van der Waals surface area contributed by atoms with Gasteiger partial charge in [0.2, 0.25) is 0 Å². The lowest BCUT2D eigenvalue weighted by Gasteiger charge is -2.64. The first kappa shape index (κ1) is 27.7. The molecule has 2 aliphatic heterocycles. The predicted molar refractivity (Wildman–Crippen MR) is 151 cm³/mol. The van der Waals surface area contributed by atoms with Crippen LogP contribution in [0.2, 0.25) is 19.6 Å². The molecule has 0 aromatic rings. The van der Waals surface area contributed by atoms with Gasteiger partial charge in [0.15, 0.2) is 14.1 Å². The van der Waals surface area contributed by atoms with Crippen molar-refractivity contribution in [2.24, 2.45) is 52.3 Å². The third-order valence-electron chi connectivity index (χ3n) is 12.8. The van der Waals surface area contributed by atoms with Crippen LogP contribution < -0.4 is 0 Å². The molecule has 0 N–H and O–H groups in total. The standard InChI is InChI=1S/C32H54O5Si/c1-19-14-15-32(34-18-19)20(2)29-26(36-32)16-24-23-13-12-22-10-9-11-27(37-38(6,7)8)30(22,4)25(23)17-28(31(24,29)5)35-21(3)33/h19-20,22-29H,9-18H2,1-8H3/t19-,20+,22?,23+,24+,25+,26+,27?,28?,29+,30+,31-,32-/m1/s1. The number of ether oxygens (including phenoxy) is 3. The van der Waals surface area contributed by atoms with Crippen LogP contribution in [0.3, 0.4) is 0 Å². The summed E-state index contributed by atoms with van der Waals surface area (Å²) in [6, 6.07) is 0. The Morgan fingerprint density at radius 2 is 1.66 bits per heavy atom. The van der Waals surface area contributed by atoms with Crippen molar-refractivity contribution in [3.05, 3.63) is 0 Å². The van der Waals surface area contributed by atoms with Crippen molar-refractivity contribution in [3.63, 3.8) is 0 Å².